The van der Waals surface area contributed by atoms with Crippen molar-refractivity contribution in [2.45, 2.75) is 18.9 Å². The number of para-hydroxylation sites is 1. The van der Waals surface area contributed by atoms with Gasteiger partial charge in [0, 0.05) is 4.88 Å². The van der Waals surface area contributed by atoms with Gasteiger partial charge in [-0.3, -0.25) is 0 Å². The van der Waals surface area contributed by atoms with Crippen LogP contribution in [-0.2, 0) is 6.42 Å². The Morgan fingerprint density at radius 3 is 2.78 bits per heavy atom. The Morgan fingerprint density at radius 1 is 1.28 bits per heavy atom. The van der Waals surface area contributed by atoms with E-state index in [-0.39, 0.29) is 5.75 Å². The minimum Gasteiger partial charge on any atom is -0.504 e. The minimum absolute atomic E-state index is 0.165. The molecule has 2 N–H and O–H groups in total. The van der Waals surface area contributed by atoms with Crippen LogP contribution in [-0.4, -0.2) is 17.3 Å². The van der Waals surface area contributed by atoms with Crippen molar-refractivity contribution in [2.24, 2.45) is 0 Å². The van der Waals surface area contributed by atoms with Gasteiger partial charge in [-0.05, 0) is 35.9 Å². The molecule has 0 saturated heterocycles. The quantitative estimate of drug-likeness (QED) is 0.872. The first-order chi connectivity index (χ1) is 8.72. The highest BCUT2D eigenvalue weighted by Crippen LogP contribution is 2.32. The first-order valence-electron chi connectivity index (χ1n) is 5.78. The van der Waals surface area contributed by atoms with Gasteiger partial charge >= 0.3 is 0 Å². The van der Waals surface area contributed by atoms with Crippen molar-refractivity contribution < 1.29 is 14.9 Å². The molecule has 18 heavy (non-hydrogen) atoms. The number of ether oxygens (including phenoxy) is 1. The minimum atomic E-state index is -0.476. The third-order valence-corrected chi connectivity index (χ3v) is 3.83. The molecule has 0 saturated carbocycles. The smallest absolute Gasteiger partial charge is 0.160 e. The van der Waals surface area contributed by atoms with Crippen LogP contribution in [0.2, 0.25) is 0 Å². The molecule has 4 heteroatoms. The van der Waals surface area contributed by atoms with Crippen LogP contribution in [0.1, 0.15) is 23.0 Å². The summed E-state index contributed by atoms with van der Waals surface area (Å²) in [6, 6.07) is 9.24. The zero-order valence-corrected chi connectivity index (χ0v) is 11.0. The molecule has 1 unspecified atom stereocenters. The number of methoxy groups -OCH3 is 1. The van der Waals surface area contributed by atoms with Gasteiger partial charge in [0.1, 0.15) is 0 Å². The average Bonchev–Trinajstić information content (AvgIpc) is 2.91. The number of aromatic hydroxyl groups is 1. The largest absolute Gasteiger partial charge is 0.504 e. The maximum absolute atomic E-state index is 9.99. The molecule has 0 aliphatic carbocycles. The fourth-order valence-electron chi connectivity index (χ4n) is 1.85. The van der Waals surface area contributed by atoms with Crippen LogP contribution in [0.25, 0.3) is 0 Å². The molecule has 1 aromatic heterocycles. The van der Waals surface area contributed by atoms with Crippen LogP contribution >= 0.6 is 11.3 Å². The highest BCUT2D eigenvalue weighted by Gasteiger charge is 2.12. The van der Waals surface area contributed by atoms with Gasteiger partial charge in [-0.25, -0.2) is 0 Å². The van der Waals surface area contributed by atoms with Gasteiger partial charge in [0.25, 0.3) is 0 Å². The fraction of sp³-hybridized carbons (Fsp3) is 0.286. The summed E-state index contributed by atoms with van der Waals surface area (Å²) in [7, 11) is 1.53. The third kappa shape index (κ3) is 2.83. The average molecular weight is 264 g/mol. The van der Waals surface area contributed by atoms with Gasteiger partial charge in [0.2, 0.25) is 0 Å². The number of aliphatic hydroxyl groups is 1. The summed E-state index contributed by atoms with van der Waals surface area (Å²) in [4.78, 5) is 0.956. The number of phenols is 1. The topological polar surface area (TPSA) is 49.7 Å². The number of aryl methyl sites for hydroxylation is 1. The predicted molar refractivity (Wildman–Crippen MR) is 72.3 cm³/mol. The number of hydrogen-bond acceptors (Lipinski definition) is 4. The Morgan fingerprint density at radius 2 is 2.11 bits per heavy atom. The molecular weight excluding hydrogens is 248 g/mol. The van der Waals surface area contributed by atoms with Crippen LogP contribution < -0.4 is 4.74 Å². The Kier molecular flexibility index (Phi) is 4.23. The van der Waals surface area contributed by atoms with E-state index < -0.39 is 6.10 Å². The van der Waals surface area contributed by atoms with E-state index in [1.54, 1.807) is 17.4 Å². The second kappa shape index (κ2) is 5.89. The monoisotopic (exact) mass is 264 g/mol. The first-order valence-corrected chi connectivity index (χ1v) is 6.66. The number of benzene rings is 1. The highest BCUT2D eigenvalue weighted by atomic mass is 32.1. The van der Waals surface area contributed by atoms with Crippen molar-refractivity contribution in [1.29, 1.82) is 0 Å². The molecule has 2 aromatic rings. The lowest BCUT2D eigenvalue weighted by Gasteiger charge is -2.11. The van der Waals surface area contributed by atoms with E-state index in [1.807, 2.05) is 29.6 Å². The van der Waals surface area contributed by atoms with Gasteiger partial charge in [0.05, 0.1) is 13.2 Å². The second-order valence-corrected chi connectivity index (χ2v) is 5.02. The molecule has 2 rings (SSSR count). The number of thiophene rings is 1. The summed E-state index contributed by atoms with van der Waals surface area (Å²) in [5, 5.41) is 21.9. The molecule has 0 spiro atoms. The fourth-order valence-corrected chi connectivity index (χ4v) is 2.60. The Hall–Kier alpha value is -1.52. The predicted octanol–water partition coefficient (Wildman–Crippen LogP) is 3.13. The van der Waals surface area contributed by atoms with Crippen molar-refractivity contribution in [3.8, 4) is 11.5 Å². The SMILES string of the molecule is COc1cccc(CCC(O)c2cccs2)c1O. The maximum atomic E-state index is 9.99. The molecule has 0 fully saturated rings. The van der Waals surface area contributed by atoms with Gasteiger partial charge < -0.3 is 14.9 Å². The van der Waals surface area contributed by atoms with E-state index in [9.17, 15) is 10.2 Å². The third-order valence-electron chi connectivity index (χ3n) is 2.86. The van der Waals surface area contributed by atoms with Crippen LogP contribution in [0.5, 0.6) is 11.5 Å². The molecule has 0 bridgehead atoms. The number of aliphatic hydroxyl groups excluding tert-OH is 1. The van der Waals surface area contributed by atoms with Crippen molar-refractivity contribution in [1.82, 2.24) is 0 Å². The molecule has 0 aliphatic heterocycles. The van der Waals surface area contributed by atoms with Crippen LogP contribution in [0.4, 0.5) is 0 Å². The summed E-state index contributed by atoms with van der Waals surface area (Å²) >= 11 is 1.54. The molecule has 3 nitrogen and oxygen atoms in total. The summed E-state index contributed by atoms with van der Waals surface area (Å²) in [6.07, 6.45) is 0.721. The van der Waals surface area contributed by atoms with E-state index in [4.69, 9.17) is 4.74 Å². The van der Waals surface area contributed by atoms with E-state index in [0.29, 0.717) is 18.6 Å². The molecule has 96 valence electrons. The van der Waals surface area contributed by atoms with Gasteiger partial charge in [-0.1, -0.05) is 18.2 Å². The Balaban J connectivity index is 2.02. The zero-order chi connectivity index (χ0) is 13.0. The zero-order valence-electron chi connectivity index (χ0n) is 10.2. The van der Waals surface area contributed by atoms with Crippen LogP contribution in [0.15, 0.2) is 35.7 Å². The Labute approximate surface area is 110 Å². The van der Waals surface area contributed by atoms with Crippen molar-refractivity contribution in [2.75, 3.05) is 7.11 Å². The highest BCUT2D eigenvalue weighted by molar-refractivity contribution is 7.10. The van der Waals surface area contributed by atoms with Gasteiger partial charge in [-0.2, -0.15) is 0 Å². The summed E-state index contributed by atoms with van der Waals surface area (Å²) in [6.45, 7) is 0. The number of hydrogen-bond donors (Lipinski definition) is 2. The van der Waals surface area contributed by atoms with Crippen molar-refractivity contribution in [3.05, 3.63) is 46.2 Å². The molecule has 1 atom stereocenters. The van der Waals surface area contributed by atoms with E-state index in [1.165, 1.54) is 7.11 Å². The van der Waals surface area contributed by atoms with E-state index in [2.05, 4.69) is 0 Å². The van der Waals surface area contributed by atoms with Gasteiger partial charge in [-0.15, -0.1) is 11.3 Å². The van der Waals surface area contributed by atoms with E-state index >= 15 is 0 Å². The van der Waals surface area contributed by atoms with Crippen LogP contribution in [0, 0.1) is 0 Å². The van der Waals surface area contributed by atoms with Gasteiger partial charge in [0.15, 0.2) is 11.5 Å². The normalized spacial score (nSPS) is 12.3. The lowest BCUT2D eigenvalue weighted by molar-refractivity contribution is 0.171. The lowest BCUT2D eigenvalue weighted by Crippen LogP contribution is -1.98. The van der Waals surface area contributed by atoms with Crippen molar-refractivity contribution in [3.63, 3.8) is 0 Å². The molecular formula is C14H16O3S. The number of rotatable bonds is 5. The van der Waals surface area contributed by atoms with Crippen molar-refractivity contribution >= 4 is 11.3 Å². The molecule has 1 heterocycles. The molecule has 0 radical (unpaired) electrons. The summed E-state index contributed by atoms with van der Waals surface area (Å²) < 4.78 is 5.05. The van der Waals surface area contributed by atoms with E-state index in [0.717, 1.165) is 10.4 Å². The number of phenolic OH excluding ortho intramolecular Hbond substituents is 1. The Bertz CT molecular complexity index is 494. The first kappa shape index (κ1) is 12.9. The molecule has 0 aliphatic rings. The lowest BCUT2D eigenvalue weighted by atomic mass is 10.0. The standard InChI is InChI=1S/C14H16O3S/c1-17-12-5-2-4-10(14(12)16)7-8-11(15)13-6-3-9-18-13/h2-6,9,11,15-16H,7-8H2,1H3. The molecule has 1 aromatic carbocycles. The molecule has 0 amide bonds. The van der Waals surface area contributed by atoms with Crippen LogP contribution in [0.3, 0.4) is 0 Å². The summed E-state index contributed by atoms with van der Waals surface area (Å²) in [5.41, 5.74) is 0.796. The second-order valence-electron chi connectivity index (χ2n) is 4.04. The summed E-state index contributed by atoms with van der Waals surface area (Å²) in [5.74, 6) is 0.636. The maximum Gasteiger partial charge on any atom is 0.160 e.